The third-order valence-corrected chi connectivity index (χ3v) is 6.10. The Morgan fingerprint density at radius 1 is 1.00 bits per heavy atom. The molecule has 29 heavy (non-hydrogen) atoms. The first-order valence-electron chi connectivity index (χ1n) is 10.6. The fourth-order valence-corrected chi connectivity index (χ4v) is 4.59. The van der Waals surface area contributed by atoms with Crippen LogP contribution >= 0.6 is 0 Å². The summed E-state index contributed by atoms with van der Waals surface area (Å²) in [6.07, 6.45) is 10.1. The van der Waals surface area contributed by atoms with Gasteiger partial charge < -0.3 is 9.47 Å². The number of benzene rings is 1. The largest absolute Gasteiger partial charge is 0.337 e. The molecule has 2 aliphatic rings. The Bertz CT molecular complexity index is 992. The van der Waals surface area contributed by atoms with Crippen LogP contribution in [-0.2, 0) is 13.0 Å². The lowest BCUT2D eigenvalue weighted by atomic mass is 9.96. The number of aromatic nitrogens is 5. The van der Waals surface area contributed by atoms with E-state index in [0.717, 1.165) is 49.7 Å². The zero-order valence-electron chi connectivity index (χ0n) is 16.6. The van der Waals surface area contributed by atoms with Crippen LogP contribution in [0.25, 0.3) is 5.69 Å². The predicted molar refractivity (Wildman–Crippen MR) is 109 cm³/mol. The van der Waals surface area contributed by atoms with Crippen LogP contribution in [0.4, 0.5) is 0 Å². The molecular formula is C22H26N6O. The van der Waals surface area contributed by atoms with Crippen molar-refractivity contribution in [2.75, 3.05) is 13.1 Å². The monoisotopic (exact) mass is 390 g/mol. The molecule has 1 fully saturated rings. The van der Waals surface area contributed by atoms with E-state index in [1.807, 2.05) is 39.8 Å². The van der Waals surface area contributed by atoms with Crippen LogP contribution in [0.15, 0.2) is 42.9 Å². The highest BCUT2D eigenvalue weighted by Crippen LogP contribution is 2.29. The molecule has 150 valence electrons. The summed E-state index contributed by atoms with van der Waals surface area (Å²) in [6.45, 7) is 2.47. The van der Waals surface area contributed by atoms with E-state index in [-0.39, 0.29) is 11.8 Å². The van der Waals surface area contributed by atoms with Crippen molar-refractivity contribution in [1.29, 1.82) is 0 Å². The minimum absolute atomic E-state index is 0.0339. The summed E-state index contributed by atoms with van der Waals surface area (Å²) in [6, 6.07) is 9.89. The van der Waals surface area contributed by atoms with Crippen LogP contribution in [0.3, 0.4) is 0 Å². The Kier molecular flexibility index (Phi) is 4.87. The molecular weight excluding hydrogens is 364 g/mol. The summed E-state index contributed by atoms with van der Waals surface area (Å²) in [4.78, 5) is 19.5. The molecule has 1 unspecified atom stereocenters. The molecule has 1 saturated heterocycles. The first-order chi connectivity index (χ1) is 14.3. The van der Waals surface area contributed by atoms with E-state index in [4.69, 9.17) is 0 Å². The summed E-state index contributed by atoms with van der Waals surface area (Å²) >= 11 is 0. The van der Waals surface area contributed by atoms with E-state index in [9.17, 15) is 4.79 Å². The topological polar surface area (TPSA) is 68.8 Å². The molecule has 3 aromatic rings. The number of nitrogens with zero attached hydrogens (tertiary/aromatic N) is 6. The van der Waals surface area contributed by atoms with Gasteiger partial charge in [0.15, 0.2) is 0 Å². The Labute approximate surface area is 170 Å². The molecule has 2 aromatic heterocycles. The van der Waals surface area contributed by atoms with Gasteiger partial charge in [0, 0.05) is 37.7 Å². The van der Waals surface area contributed by atoms with Gasteiger partial charge in [-0.15, -0.1) is 10.2 Å². The highest BCUT2D eigenvalue weighted by molar-refractivity contribution is 5.93. The molecule has 0 radical (unpaired) electrons. The number of carbonyl (C=O) groups excluding carboxylic acids is 1. The Morgan fingerprint density at radius 2 is 1.90 bits per heavy atom. The van der Waals surface area contributed by atoms with Gasteiger partial charge in [-0.2, -0.15) is 0 Å². The van der Waals surface area contributed by atoms with Crippen LogP contribution in [0.2, 0.25) is 0 Å². The number of aryl methyl sites for hydroxylation is 1. The number of piperidine rings is 1. The minimum Gasteiger partial charge on any atom is -0.337 e. The average molecular weight is 390 g/mol. The number of likely N-dealkylation sites (tertiary alicyclic amines) is 1. The third-order valence-electron chi connectivity index (χ3n) is 6.10. The first-order valence-corrected chi connectivity index (χ1v) is 10.6. The lowest BCUT2D eigenvalue weighted by molar-refractivity contribution is 0.0695. The van der Waals surface area contributed by atoms with E-state index >= 15 is 0 Å². The third kappa shape index (κ3) is 3.45. The Hall–Kier alpha value is -2.96. The smallest absolute Gasteiger partial charge is 0.272 e. The number of carbonyl (C=O) groups is 1. The Morgan fingerprint density at radius 3 is 2.79 bits per heavy atom. The second kappa shape index (κ2) is 7.81. The highest BCUT2D eigenvalue weighted by atomic mass is 16.2. The highest BCUT2D eigenvalue weighted by Gasteiger charge is 2.31. The summed E-state index contributed by atoms with van der Waals surface area (Å²) in [5, 5.41) is 9.00. The van der Waals surface area contributed by atoms with Crippen molar-refractivity contribution in [3.8, 4) is 5.69 Å². The van der Waals surface area contributed by atoms with Gasteiger partial charge in [-0.25, -0.2) is 4.98 Å². The van der Waals surface area contributed by atoms with E-state index in [0.29, 0.717) is 12.2 Å². The summed E-state index contributed by atoms with van der Waals surface area (Å²) in [5.41, 5.74) is 1.56. The molecule has 4 heterocycles. The van der Waals surface area contributed by atoms with Gasteiger partial charge in [0.2, 0.25) is 0 Å². The molecule has 5 rings (SSSR count). The van der Waals surface area contributed by atoms with Crippen molar-refractivity contribution in [3.63, 3.8) is 0 Å². The standard InChI is InChI=1S/C22H26N6O/c29-22(19-14-23-16-28(19)18-9-3-1-4-10-18)26-12-7-8-17(15-26)21-25-24-20-11-5-2-6-13-27(20)21/h1,3-4,9-10,14,16-17H,2,5-8,11-13,15H2. The molecule has 1 amide bonds. The molecule has 0 aliphatic carbocycles. The lowest BCUT2D eigenvalue weighted by Crippen LogP contribution is -2.40. The normalized spacial score (nSPS) is 19.6. The second-order valence-corrected chi connectivity index (χ2v) is 8.01. The lowest BCUT2D eigenvalue weighted by Gasteiger charge is -2.32. The van der Waals surface area contributed by atoms with Crippen LogP contribution in [0.1, 0.15) is 60.2 Å². The Balaban J connectivity index is 1.38. The van der Waals surface area contributed by atoms with Gasteiger partial charge in [0.05, 0.1) is 12.5 Å². The van der Waals surface area contributed by atoms with Crippen molar-refractivity contribution < 1.29 is 4.79 Å². The number of amides is 1. The molecule has 7 nitrogen and oxygen atoms in total. The quantitative estimate of drug-likeness (QED) is 0.689. The van der Waals surface area contributed by atoms with Crippen molar-refractivity contribution in [3.05, 3.63) is 60.2 Å². The number of hydrogen-bond donors (Lipinski definition) is 0. The number of fused-ring (bicyclic) bond motifs is 1. The second-order valence-electron chi connectivity index (χ2n) is 8.01. The maximum Gasteiger partial charge on any atom is 0.272 e. The predicted octanol–water partition coefficient (Wildman–Crippen LogP) is 3.21. The van der Waals surface area contributed by atoms with Gasteiger partial charge >= 0.3 is 0 Å². The summed E-state index contributed by atoms with van der Waals surface area (Å²) in [7, 11) is 0. The molecule has 0 N–H and O–H groups in total. The van der Waals surface area contributed by atoms with Crippen LogP contribution in [-0.4, -0.2) is 48.2 Å². The molecule has 1 aromatic carbocycles. The van der Waals surface area contributed by atoms with Gasteiger partial charge in [-0.05, 0) is 37.8 Å². The summed E-state index contributed by atoms with van der Waals surface area (Å²) < 4.78 is 4.19. The first kappa shape index (κ1) is 18.1. The molecule has 1 atom stereocenters. The van der Waals surface area contributed by atoms with Gasteiger partial charge in [0.1, 0.15) is 17.3 Å². The molecule has 0 spiro atoms. The van der Waals surface area contributed by atoms with Crippen LogP contribution in [0.5, 0.6) is 0 Å². The van der Waals surface area contributed by atoms with E-state index in [1.165, 1.54) is 19.3 Å². The molecule has 0 saturated carbocycles. The van der Waals surface area contributed by atoms with E-state index < -0.39 is 0 Å². The average Bonchev–Trinajstić information content (AvgIpc) is 3.36. The van der Waals surface area contributed by atoms with E-state index in [2.05, 4.69) is 19.7 Å². The van der Waals surface area contributed by atoms with Gasteiger partial charge in [-0.1, -0.05) is 24.6 Å². The number of imidazole rings is 1. The van der Waals surface area contributed by atoms with Crippen LogP contribution < -0.4 is 0 Å². The zero-order valence-corrected chi connectivity index (χ0v) is 16.6. The van der Waals surface area contributed by atoms with Crippen LogP contribution in [0, 0.1) is 0 Å². The molecule has 2 aliphatic heterocycles. The fraction of sp³-hybridized carbons (Fsp3) is 0.455. The van der Waals surface area contributed by atoms with Gasteiger partial charge in [-0.3, -0.25) is 9.36 Å². The SMILES string of the molecule is O=C(c1cncn1-c1ccccc1)N1CCCC(c2nnc3n2CCCCC3)C1. The maximum atomic E-state index is 13.3. The van der Waals surface area contributed by atoms with Gasteiger partial charge in [0.25, 0.3) is 5.91 Å². The zero-order chi connectivity index (χ0) is 19.6. The minimum atomic E-state index is 0.0339. The van der Waals surface area contributed by atoms with Crippen molar-refractivity contribution in [2.45, 2.75) is 51.0 Å². The van der Waals surface area contributed by atoms with Crippen molar-refractivity contribution in [2.24, 2.45) is 0 Å². The number of hydrogen-bond acceptors (Lipinski definition) is 4. The van der Waals surface area contributed by atoms with Crippen molar-refractivity contribution >= 4 is 5.91 Å². The van der Waals surface area contributed by atoms with Crippen molar-refractivity contribution in [1.82, 2.24) is 29.2 Å². The van der Waals surface area contributed by atoms with E-state index in [1.54, 1.807) is 12.5 Å². The number of rotatable bonds is 3. The maximum absolute atomic E-state index is 13.3. The fourth-order valence-electron chi connectivity index (χ4n) is 4.59. The molecule has 0 bridgehead atoms. The number of para-hydroxylation sites is 1. The molecule has 7 heteroatoms. The summed E-state index contributed by atoms with van der Waals surface area (Å²) in [5.74, 6) is 2.46.